The summed E-state index contributed by atoms with van der Waals surface area (Å²) in [5, 5.41) is 0. The third kappa shape index (κ3) is 4.40. The molecule has 10 nitrogen and oxygen atoms in total. The summed E-state index contributed by atoms with van der Waals surface area (Å²) in [6, 6.07) is 35.0. The zero-order valence-corrected chi connectivity index (χ0v) is 22.8. The van der Waals surface area contributed by atoms with Crippen LogP contribution >= 0.6 is 0 Å². The fourth-order valence-corrected chi connectivity index (χ4v) is 4.81. The monoisotopic (exact) mass is 552 g/mol. The zero-order chi connectivity index (χ0) is 28.5. The summed E-state index contributed by atoms with van der Waals surface area (Å²) in [5.41, 5.74) is 3.18. The number of anilines is 2. The van der Waals surface area contributed by atoms with Crippen molar-refractivity contribution in [2.24, 2.45) is 30.0 Å². The Labute approximate surface area is 242 Å². The maximum atomic E-state index is 5.62. The SMILES string of the molecule is COc1ccccc1C1=NC2=NC(c3ccccc3OC)=NC3=NC(N(c4ccccc4)c4ccccc4)=NC(=N1)N23. The summed E-state index contributed by atoms with van der Waals surface area (Å²) in [5.74, 6) is 3.49. The number of aliphatic imine (C=N–C) groups is 6. The molecule has 42 heavy (non-hydrogen) atoms. The number of hydrogen-bond acceptors (Lipinski definition) is 10. The second-order valence-electron chi connectivity index (χ2n) is 9.26. The molecule has 0 saturated carbocycles. The molecule has 4 aromatic carbocycles. The van der Waals surface area contributed by atoms with Gasteiger partial charge < -0.3 is 9.47 Å². The van der Waals surface area contributed by atoms with Gasteiger partial charge in [0.1, 0.15) is 11.5 Å². The molecular formula is C32H24N8O2. The highest BCUT2D eigenvalue weighted by atomic mass is 16.5. The lowest BCUT2D eigenvalue weighted by molar-refractivity contribution is 0.414. The Hall–Kier alpha value is -5.90. The van der Waals surface area contributed by atoms with Crippen molar-refractivity contribution < 1.29 is 9.47 Å². The second kappa shape index (κ2) is 10.6. The van der Waals surface area contributed by atoms with E-state index in [2.05, 4.69) is 0 Å². The average molecular weight is 553 g/mol. The van der Waals surface area contributed by atoms with Crippen LogP contribution in [-0.2, 0) is 0 Å². The molecule has 0 aliphatic carbocycles. The van der Waals surface area contributed by atoms with Gasteiger partial charge in [-0.3, -0.25) is 4.90 Å². The summed E-state index contributed by atoms with van der Waals surface area (Å²) >= 11 is 0. The Bertz CT molecular complexity index is 1770. The first-order chi connectivity index (χ1) is 20.7. The van der Waals surface area contributed by atoms with Crippen LogP contribution in [0, 0.1) is 0 Å². The Morgan fingerprint density at radius 2 is 0.905 bits per heavy atom. The minimum absolute atomic E-state index is 0.337. The van der Waals surface area contributed by atoms with Gasteiger partial charge in [0.25, 0.3) is 0 Å². The van der Waals surface area contributed by atoms with Gasteiger partial charge in [-0.1, -0.05) is 60.7 Å². The number of rotatable bonds is 6. The van der Waals surface area contributed by atoms with Gasteiger partial charge in [-0.15, -0.1) is 0 Å². The molecule has 0 unspecified atom stereocenters. The molecule has 7 rings (SSSR count). The number of hydrogen-bond donors (Lipinski definition) is 0. The molecule has 10 heteroatoms. The van der Waals surface area contributed by atoms with Crippen molar-refractivity contribution in [2.75, 3.05) is 19.1 Å². The van der Waals surface area contributed by atoms with Gasteiger partial charge in [-0.05, 0) is 48.5 Å². The number of benzene rings is 4. The lowest BCUT2D eigenvalue weighted by Gasteiger charge is -2.33. The maximum Gasteiger partial charge on any atom is 0.244 e. The predicted octanol–water partition coefficient (Wildman–Crippen LogP) is 5.50. The molecule has 0 bridgehead atoms. The number of methoxy groups -OCH3 is 2. The van der Waals surface area contributed by atoms with Crippen LogP contribution < -0.4 is 14.4 Å². The van der Waals surface area contributed by atoms with Crippen LogP contribution in [0.5, 0.6) is 11.5 Å². The summed E-state index contributed by atoms with van der Waals surface area (Å²) in [6.45, 7) is 0. The molecule has 0 aromatic heterocycles. The van der Waals surface area contributed by atoms with Crippen molar-refractivity contribution in [1.82, 2.24) is 4.90 Å². The van der Waals surface area contributed by atoms with E-state index in [0.29, 0.717) is 58.1 Å². The van der Waals surface area contributed by atoms with E-state index < -0.39 is 0 Å². The first-order valence-electron chi connectivity index (χ1n) is 13.2. The van der Waals surface area contributed by atoms with Crippen LogP contribution in [0.3, 0.4) is 0 Å². The molecule has 204 valence electrons. The van der Waals surface area contributed by atoms with E-state index in [9.17, 15) is 0 Å². The van der Waals surface area contributed by atoms with E-state index in [1.807, 2.05) is 114 Å². The van der Waals surface area contributed by atoms with E-state index in [4.69, 9.17) is 39.4 Å². The lowest BCUT2D eigenvalue weighted by atomic mass is 10.1. The number of guanidine groups is 4. The minimum Gasteiger partial charge on any atom is -0.496 e. The van der Waals surface area contributed by atoms with Crippen LogP contribution in [-0.4, -0.2) is 54.6 Å². The highest BCUT2D eigenvalue weighted by Crippen LogP contribution is 2.31. The third-order valence-electron chi connectivity index (χ3n) is 6.75. The maximum absolute atomic E-state index is 5.62. The van der Waals surface area contributed by atoms with E-state index >= 15 is 0 Å². The molecule has 0 N–H and O–H groups in total. The van der Waals surface area contributed by atoms with E-state index in [-0.39, 0.29) is 0 Å². The third-order valence-corrected chi connectivity index (χ3v) is 6.75. The van der Waals surface area contributed by atoms with Crippen molar-refractivity contribution >= 4 is 46.9 Å². The molecule has 4 aromatic rings. The molecule has 3 aliphatic heterocycles. The Morgan fingerprint density at radius 3 is 1.40 bits per heavy atom. The molecule has 0 spiro atoms. The van der Waals surface area contributed by atoms with Crippen molar-refractivity contribution in [1.29, 1.82) is 0 Å². The summed E-state index contributed by atoms with van der Waals surface area (Å²) in [6.07, 6.45) is 0. The van der Waals surface area contributed by atoms with Crippen molar-refractivity contribution in [3.8, 4) is 11.5 Å². The fraction of sp³-hybridized carbons (Fsp3) is 0.0625. The summed E-state index contributed by atoms with van der Waals surface area (Å²) in [7, 11) is 3.23. The highest BCUT2D eigenvalue weighted by molar-refractivity contribution is 6.34. The average Bonchev–Trinajstić information content (AvgIpc) is 3.05. The van der Waals surface area contributed by atoms with E-state index in [1.165, 1.54) is 0 Å². The number of para-hydroxylation sites is 4. The van der Waals surface area contributed by atoms with Gasteiger partial charge in [-0.25, -0.2) is 4.90 Å². The molecule has 3 aliphatic rings. The largest absolute Gasteiger partial charge is 0.496 e. The van der Waals surface area contributed by atoms with E-state index in [0.717, 1.165) is 11.4 Å². The van der Waals surface area contributed by atoms with Crippen molar-refractivity contribution in [2.45, 2.75) is 0 Å². The van der Waals surface area contributed by atoms with Crippen LogP contribution in [0.15, 0.2) is 139 Å². The molecule has 0 amide bonds. The van der Waals surface area contributed by atoms with Gasteiger partial charge in [0.2, 0.25) is 23.8 Å². The predicted molar refractivity (Wildman–Crippen MR) is 166 cm³/mol. The zero-order valence-electron chi connectivity index (χ0n) is 22.8. The molecule has 0 atom stereocenters. The first kappa shape index (κ1) is 25.1. The number of nitrogens with zero attached hydrogens (tertiary/aromatic N) is 8. The molecule has 0 fully saturated rings. The normalized spacial score (nSPS) is 15.2. The Morgan fingerprint density at radius 1 is 0.476 bits per heavy atom. The number of amidine groups is 2. The summed E-state index contributed by atoms with van der Waals surface area (Å²) < 4.78 is 11.2. The molecule has 3 heterocycles. The lowest BCUT2D eigenvalue weighted by Crippen LogP contribution is -2.49. The highest BCUT2D eigenvalue weighted by Gasteiger charge is 2.37. The smallest absolute Gasteiger partial charge is 0.244 e. The molecular weight excluding hydrogens is 528 g/mol. The van der Waals surface area contributed by atoms with Gasteiger partial charge in [0.15, 0.2) is 11.7 Å². The van der Waals surface area contributed by atoms with Gasteiger partial charge in [-0.2, -0.15) is 30.0 Å². The van der Waals surface area contributed by atoms with Crippen LogP contribution in [0.1, 0.15) is 11.1 Å². The van der Waals surface area contributed by atoms with Crippen LogP contribution in [0.4, 0.5) is 11.4 Å². The Balaban J connectivity index is 1.46. The van der Waals surface area contributed by atoms with Crippen LogP contribution in [0.2, 0.25) is 0 Å². The van der Waals surface area contributed by atoms with Gasteiger partial charge >= 0.3 is 0 Å². The molecule has 0 radical (unpaired) electrons. The molecule has 0 saturated heterocycles. The van der Waals surface area contributed by atoms with Crippen molar-refractivity contribution in [3.05, 3.63) is 120 Å². The fourth-order valence-electron chi connectivity index (χ4n) is 4.81. The van der Waals surface area contributed by atoms with Crippen molar-refractivity contribution in [3.63, 3.8) is 0 Å². The van der Waals surface area contributed by atoms with Gasteiger partial charge in [0.05, 0.1) is 25.3 Å². The van der Waals surface area contributed by atoms with Gasteiger partial charge in [0, 0.05) is 11.4 Å². The topological polar surface area (TPSA) is 99.1 Å². The first-order valence-corrected chi connectivity index (χ1v) is 13.2. The Kier molecular flexibility index (Phi) is 6.32. The quantitative estimate of drug-likeness (QED) is 0.315. The summed E-state index contributed by atoms with van der Waals surface area (Å²) in [4.78, 5) is 32.8. The van der Waals surface area contributed by atoms with E-state index in [1.54, 1.807) is 19.1 Å². The minimum atomic E-state index is 0.337. The van der Waals surface area contributed by atoms with Crippen LogP contribution in [0.25, 0.3) is 0 Å². The standard InChI is InChI=1S/C32H24N8O2/c1-41-25-19-11-9-17-23(25)27-33-29-34-28(24-18-10-12-20-26(24)42-2)36-31-38-32(37-30(35-27)40(29)31)39(21-13-5-3-6-14-21)22-15-7-4-8-16-22/h3-20H,1-2H3. The second-order valence-corrected chi connectivity index (χ2v) is 9.26. The number of ether oxygens (including phenoxy) is 2.